The van der Waals surface area contributed by atoms with Crippen LogP contribution in [0.3, 0.4) is 0 Å². The largest absolute Gasteiger partial charge is 0.321 e. The molecule has 1 aromatic heterocycles. The number of aromatic nitrogens is 2. The van der Waals surface area contributed by atoms with Crippen molar-refractivity contribution in [2.45, 2.75) is 12.5 Å². The first-order valence-corrected chi connectivity index (χ1v) is 5.51. The van der Waals surface area contributed by atoms with Gasteiger partial charge in [-0.3, -0.25) is 0 Å². The predicted molar refractivity (Wildman–Crippen MR) is 64.1 cm³/mol. The van der Waals surface area contributed by atoms with Crippen molar-refractivity contribution in [3.8, 4) is 0 Å². The molecule has 1 atom stereocenters. The van der Waals surface area contributed by atoms with Gasteiger partial charge in [0.1, 0.15) is 11.6 Å². The van der Waals surface area contributed by atoms with E-state index in [-0.39, 0.29) is 5.02 Å². The van der Waals surface area contributed by atoms with Crippen LogP contribution in [0.15, 0.2) is 36.7 Å². The van der Waals surface area contributed by atoms with E-state index >= 15 is 0 Å². The molecule has 1 heterocycles. The number of hydrogen-bond acceptors (Lipinski definition) is 3. The summed E-state index contributed by atoms with van der Waals surface area (Å²) in [5.74, 6) is 0.0624. The highest BCUT2D eigenvalue weighted by Gasteiger charge is 2.13. The smallest absolute Gasteiger partial charge is 0.145 e. The standard InChI is InChI=1S/C12H11ClFN3/c13-9-4-1-3-8(11(9)14)7-10(15)12-16-5-2-6-17-12/h1-6,10H,7,15H2. The molecule has 3 nitrogen and oxygen atoms in total. The molecule has 0 aliphatic rings. The molecule has 5 heteroatoms. The number of rotatable bonds is 3. The Morgan fingerprint density at radius 3 is 2.65 bits per heavy atom. The fourth-order valence-electron chi connectivity index (χ4n) is 1.54. The van der Waals surface area contributed by atoms with Crippen LogP contribution in [0, 0.1) is 5.82 Å². The van der Waals surface area contributed by atoms with Crippen LogP contribution in [0.5, 0.6) is 0 Å². The maximum absolute atomic E-state index is 13.6. The lowest BCUT2D eigenvalue weighted by Gasteiger charge is -2.10. The summed E-state index contributed by atoms with van der Waals surface area (Å²) in [7, 11) is 0. The van der Waals surface area contributed by atoms with Crippen molar-refractivity contribution in [3.05, 3.63) is 58.9 Å². The Kier molecular flexibility index (Phi) is 3.66. The van der Waals surface area contributed by atoms with E-state index in [4.69, 9.17) is 17.3 Å². The molecule has 0 amide bonds. The molecule has 0 aliphatic carbocycles. The van der Waals surface area contributed by atoms with Crippen molar-refractivity contribution < 1.29 is 4.39 Å². The van der Waals surface area contributed by atoms with E-state index in [1.807, 2.05) is 0 Å². The van der Waals surface area contributed by atoms with Crippen LogP contribution in [-0.2, 0) is 6.42 Å². The van der Waals surface area contributed by atoms with Gasteiger partial charge in [0.05, 0.1) is 11.1 Å². The van der Waals surface area contributed by atoms with Gasteiger partial charge in [-0.05, 0) is 24.1 Å². The third-order valence-corrected chi connectivity index (χ3v) is 2.68. The summed E-state index contributed by atoms with van der Waals surface area (Å²) in [5, 5.41) is 0.101. The van der Waals surface area contributed by atoms with Crippen molar-refractivity contribution in [1.82, 2.24) is 9.97 Å². The maximum atomic E-state index is 13.6. The summed E-state index contributed by atoms with van der Waals surface area (Å²) < 4.78 is 13.6. The fourth-order valence-corrected chi connectivity index (χ4v) is 1.73. The van der Waals surface area contributed by atoms with Crippen LogP contribution >= 0.6 is 11.6 Å². The maximum Gasteiger partial charge on any atom is 0.145 e. The van der Waals surface area contributed by atoms with Gasteiger partial charge in [0.2, 0.25) is 0 Å². The molecule has 0 aliphatic heterocycles. The SMILES string of the molecule is NC(Cc1cccc(Cl)c1F)c1ncccn1. The van der Waals surface area contributed by atoms with Crippen LogP contribution in [0.25, 0.3) is 0 Å². The quantitative estimate of drug-likeness (QED) is 0.912. The van der Waals surface area contributed by atoms with E-state index in [1.54, 1.807) is 30.6 Å². The first-order valence-electron chi connectivity index (χ1n) is 5.14. The summed E-state index contributed by atoms with van der Waals surface area (Å²) in [4.78, 5) is 8.07. The summed E-state index contributed by atoms with van der Waals surface area (Å²) in [6.07, 6.45) is 3.53. The molecular weight excluding hydrogens is 241 g/mol. The monoisotopic (exact) mass is 251 g/mol. The molecule has 0 saturated carbocycles. The van der Waals surface area contributed by atoms with Crippen molar-refractivity contribution in [2.24, 2.45) is 5.73 Å². The van der Waals surface area contributed by atoms with Gasteiger partial charge in [0.15, 0.2) is 0 Å². The molecule has 2 rings (SSSR count). The second-order valence-electron chi connectivity index (χ2n) is 3.63. The average molecular weight is 252 g/mol. The third kappa shape index (κ3) is 2.78. The lowest BCUT2D eigenvalue weighted by atomic mass is 10.1. The van der Waals surface area contributed by atoms with E-state index in [1.165, 1.54) is 6.07 Å². The van der Waals surface area contributed by atoms with Gasteiger partial charge in [-0.25, -0.2) is 14.4 Å². The number of hydrogen-bond donors (Lipinski definition) is 1. The van der Waals surface area contributed by atoms with Crippen molar-refractivity contribution in [2.75, 3.05) is 0 Å². The Morgan fingerprint density at radius 1 is 1.24 bits per heavy atom. The van der Waals surface area contributed by atoms with Crippen LogP contribution in [0.4, 0.5) is 4.39 Å². The Labute approximate surface area is 103 Å². The van der Waals surface area contributed by atoms with Gasteiger partial charge < -0.3 is 5.73 Å². The topological polar surface area (TPSA) is 51.8 Å². The molecule has 0 bridgehead atoms. The highest BCUT2D eigenvalue weighted by molar-refractivity contribution is 6.30. The molecule has 1 unspecified atom stereocenters. The number of benzene rings is 1. The summed E-state index contributed by atoms with van der Waals surface area (Å²) in [6, 6.07) is 6.12. The highest BCUT2D eigenvalue weighted by atomic mass is 35.5. The Bertz CT molecular complexity index is 504. The van der Waals surface area contributed by atoms with Gasteiger partial charge in [-0.1, -0.05) is 23.7 Å². The van der Waals surface area contributed by atoms with Crippen molar-refractivity contribution >= 4 is 11.6 Å². The van der Waals surface area contributed by atoms with Gasteiger partial charge in [0.25, 0.3) is 0 Å². The summed E-state index contributed by atoms with van der Waals surface area (Å²) in [5.41, 5.74) is 6.38. The first kappa shape index (κ1) is 12.0. The fraction of sp³-hybridized carbons (Fsp3) is 0.167. The zero-order valence-electron chi connectivity index (χ0n) is 8.98. The molecule has 2 N–H and O–H groups in total. The Morgan fingerprint density at radius 2 is 1.94 bits per heavy atom. The molecule has 17 heavy (non-hydrogen) atoms. The van der Waals surface area contributed by atoms with Crippen molar-refractivity contribution in [1.29, 1.82) is 0 Å². The summed E-state index contributed by atoms with van der Waals surface area (Å²) >= 11 is 5.70. The van der Waals surface area contributed by atoms with E-state index in [9.17, 15) is 4.39 Å². The lowest BCUT2D eigenvalue weighted by molar-refractivity contribution is 0.585. The molecule has 0 radical (unpaired) electrons. The molecule has 88 valence electrons. The van der Waals surface area contributed by atoms with E-state index in [2.05, 4.69) is 9.97 Å². The normalized spacial score (nSPS) is 12.4. The van der Waals surface area contributed by atoms with Crippen LogP contribution in [-0.4, -0.2) is 9.97 Å². The first-order chi connectivity index (χ1) is 8.18. The van der Waals surface area contributed by atoms with Crippen molar-refractivity contribution in [3.63, 3.8) is 0 Å². The third-order valence-electron chi connectivity index (χ3n) is 2.39. The highest BCUT2D eigenvalue weighted by Crippen LogP contribution is 2.21. The molecule has 0 spiro atoms. The second-order valence-corrected chi connectivity index (χ2v) is 4.04. The van der Waals surface area contributed by atoms with E-state index in [0.29, 0.717) is 17.8 Å². The van der Waals surface area contributed by atoms with Gasteiger partial charge in [-0.15, -0.1) is 0 Å². The minimum Gasteiger partial charge on any atom is -0.321 e. The second kappa shape index (κ2) is 5.21. The Balaban J connectivity index is 2.19. The average Bonchev–Trinajstić information content (AvgIpc) is 2.36. The molecule has 2 aromatic rings. The number of nitrogens with two attached hydrogens (primary N) is 1. The lowest BCUT2D eigenvalue weighted by Crippen LogP contribution is -2.17. The van der Waals surface area contributed by atoms with Crippen LogP contribution in [0.2, 0.25) is 5.02 Å². The van der Waals surface area contributed by atoms with Gasteiger partial charge in [-0.2, -0.15) is 0 Å². The molecule has 1 aromatic carbocycles. The Hall–Kier alpha value is -1.52. The zero-order valence-corrected chi connectivity index (χ0v) is 9.73. The molecule has 0 saturated heterocycles. The van der Waals surface area contributed by atoms with Crippen LogP contribution < -0.4 is 5.73 Å². The van der Waals surface area contributed by atoms with E-state index in [0.717, 1.165) is 0 Å². The van der Waals surface area contributed by atoms with E-state index < -0.39 is 11.9 Å². The molecule has 0 fully saturated rings. The minimum absolute atomic E-state index is 0.101. The minimum atomic E-state index is -0.441. The van der Waals surface area contributed by atoms with Gasteiger partial charge >= 0.3 is 0 Å². The predicted octanol–water partition coefficient (Wildman–Crippen LogP) is 2.51. The number of halogens is 2. The summed E-state index contributed by atoms with van der Waals surface area (Å²) in [6.45, 7) is 0. The van der Waals surface area contributed by atoms with Crippen LogP contribution in [0.1, 0.15) is 17.4 Å². The zero-order chi connectivity index (χ0) is 12.3. The molecular formula is C12H11ClFN3. The number of nitrogens with zero attached hydrogens (tertiary/aromatic N) is 2. The van der Waals surface area contributed by atoms with Gasteiger partial charge in [0, 0.05) is 12.4 Å².